The molecule has 0 unspecified atom stereocenters. The number of pyridine rings is 1. The Hall–Kier alpha value is -7.59. The van der Waals surface area contributed by atoms with E-state index in [0.717, 1.165) is 94.3 Å². The van der Waals surface area contributed by atoms with Crippen LogP contribution in [0.3, 0.4) is 0 Å². The molecule has 0 bridgehead atoms. The average molecular weight is 1050 g/mol. The van der Waals surface area contributed by atoms with Crippen molar-refractivity contribution in [2.24, 2.45) is 0 Å². The van der Waals surface area contributed by atoms with Gasteiger partial charge in [-0.3, -0.25) is 4.57 Å². The maximum atomic E-state index is 9.23. The van der Waals surface area contributed by atoms with Gasteiger partial charge in [0, 0.05) is 44.2 Å². The Morgan fingerprint density at radius 3 is 2.21 bits per heavy atom. The minimum Gasteiger partial charge on any atom is -0.464 e. The van der Waals surface area contributed by atoms with Gasteiger partial charge in [0.2, 0.25) is 0 Å². The molecule has 0 atom stereocenters. The van der Waals surface area contributed by atoms with Crippen molar-refractivity contribution < 1.29 is 36.9 Å². The first-order chi connectivity index (χ1) is 34.4. The smallest absolute Gasteiger partial charge is 0.268 e. The second kappa shape index (κ2) is 17.0. The van der Waals surface area contributed by atoms with Crippen molar-refractivity contribution in [3.05, 3.63) is 236 Å². The van der Waals surface area contributed by atoms with Gasteiger partial charge in [-0.25, -0.2) is 4.98 Å². The average Bonchev–Trinajstić information content (AvgIpc) is 4.11. The summed E-state index contributed by atoms with van der Waals surface area (Å²) in [7, 11) is 0. The molecule has 0 saturated heterocycles. The number of rotatable bonds is 8. The van der Waals surface area contributed by atoms with E-state index >= 15 is 0 Å². The van der Waals surface area contributed by atoms with Crippen LogP contribution in [0.25, 0.3) is 94.4 Å². The number of benzene rings is 8. The van der Waals surface area contributed by atoms with Crippen LogP contribution >= 0.6 is 0 Å². The predicted molar refractivity (Wildman–Crippen MR) is 267 cm³/mol. The fraction of sp³-hybridized carbons (Fsp3) is 0.0820. The summed E-state index contributed by atoms with van der Waals surface area (Å²) in [4.78, 5) is 4.85. The molecule has 4 heterocycles. The molecule has 6 heteroatoms. The number of para-hydroxylation sites is 4. The molecule has 0 saturated carbocycles. The van der Waals surface area contributed by atoms with Gasteiger partial charge in [-0.1, -0.05) is 160 Å². The van der Waals surface area contributed by atoms with Crippen molar-refractivity contribution in [1.82, 2.24) is 14.1 Å². The Morgan fingerprint density at radius 1 is 0.642 bits per heavy atom. The SMILES string of the molecule is [2H]c1c([2H])c([2H])c(-c2cccc(-c3cc(-c4ccccc4)cc(C(C)(C)C)c3)c2-[n+]2[c-]n(-c3[c-]c(Cc4[c-]c5c(cc4)c4ccccc4n5-c4cc5occc5cn4)ccc3)c3ccccc32)c([2H])c1[2H].[Pt]. The Morgan fingerprint density at radius 2 is 1.37 bits per heavy atom. The van der Waals surface area contributed by atoms with Gasteiger partial charge in [-0.2, -0.15) is 53.6 Å². The van der Waals surface area contributed by atoms with E-state index in [0.29, 0.717) is 17.7 Å². The second-order valence-electron chi connectivity index (χ2n) is 17.7. The minimum absolute atomic E-state index is 0. The normalized spacial score (nSPS) is 12.8. The Balaban J connectivity index is 0.00000560. The third kappa shape index (κ3) is 7.60. The Labute approximate surface area is 411 Å². The molecule has 0 aliphatic rings. The molecule has 12 aromatic rings. The van der Waals surface area contributed by atoms with E-state index in [1.165, 1.54) is 0 Å². The summed E-state index contributed by atoms with van der Waals surface area (Å²) in [5.74, 6) is 0.749. The van der Waals surface area contributed by atoms with Crippen molar-refractivity contribution in [1.29, 1.82) is 0 Å². The molecule has 0 fully saturated rings. The van der Waals surface area contributed by atoms with Crippen molar-refractivity contribution in [2.75, 3.05) is 0 Å². The van der Waals surface area contributed by atoms with Gasteiger partial charge >= 0.3 is 0 Å². The van der Waals surface area contributed by atoms with Crippen LogP contribution < -0.4 is 4.57 Å². The maximum absolute atomic E-state index is 9.23. The van der Waals surface area contributed by atoms with Crippen molar-refractivity contribution in [3.8, 4) is 50.6 Å². The van der Waals surface area contributed by atoms with Crippen molar-refractivity contribution >= 4 is 43.8 Å². The van der Waals surface area contributed by atoms with Gasteiger partial charge in [0.05, 0.1) is 29.8 Å². The largest absolute Gasteiger partial charge is 0.464 e. The fourth-order valence-corrected chi connectivity index (χ4v) is 9.21. The summed E-state index contributed by atoms with van der Waals surface area (Å²) >= 11 is 0. The molecule has 0 aliphatic carbocycles. The summed E-state index contributed by atoms with van der Waals surface area (Å²) in [5.41, 5.74) is 13.0. The van der Waals surface area contributed by atoms with Gasteiger partial charge in [0.1, 0.15) is 11.4 Å². The monoisotopic (exact) mass is 1050 g/mol. The molecule has 326 valence electrons. The molecule has 0 N–H and O–H groups in total. The first-order valence-corrected chi connectivity index (χ1v) is 22.1. The molecule has 8 aromatic carbocycles. The third-order valence-corrected chi connectivity index (χ3v) is 12.5. The van der Waals surface area contributed by atoms with E-state index in [1.807, 2.05) is 106 Å². The number of nitrogens with zero attached hydrogens (tertiary/aromatic N) is 4. The molecule has 67 heavy (non-hydrogen) atoms. The van der Waals surface area contributed by atoms with E-state index in [2.05, 4.69) is 111 Å². The van der Waals surface area contributed by atoms with E-state index in [1.54, 1.807) is 6.26 Å². The van der Waals surface area contributed by atoms with Crippen molar-refractivity contribution in [2.45, 2.75) is 32.6 Å². The predicted octanol–water partition coefficient (Wildman–Crippen LogP) is 14.4. The van der Waals surface area contributed by atoms with Gasteiger partial charge < -0.3 is 13.6 Å². The zero-order valence-electron chi connectivity index (χ0n) is 41.9. The number of imidazole rings is 1. The number of fused-ring (bicyclic) bond motifs is 5. The summed E-state index contributed by atoms with van der Waals surface area (Å²) < 4.78 is 56.3. The number of furan rings is 1. The topological polar surface area (TPSA) is 39.8 Å². The molecule has 0 spiro atoms. The number of aromatic nitrogens is 4. The van der Waals surface area contributed by atoms with Gasteiger partial charge in [-0.15, -0.1) is 5.39 Å². The number of hydrogen-bond donors (Lipinski definition) is 0. The van der Waals surface area contributed by atoms with Gasteiger partial charge in [0.15, 0.2) is 0 Å². The molecule has 12 rings (SSSR count). The summed E-state index contributed by atoms with van der Waals surface area (Å²) in [6.45, 7) is 6.59. The molecular weight excluding hydrogens is 1000 g/mol. The quantitative estimate of drug-likeness (QED) is 0.112. The van der Waals surface area contributed by atoms with E-state index in [9.17, 15) is 2.74 Å². The maximum Gasteiger partial charge on any atom is 0.268 e. The van der Waals surface area contributed by atoms with Crippen LogP contribution in [0.5, 0.6) is 0 Å². The van der Waals surface area contributed by atoms with E-state index in [4.69, 9.17) is 13.5 Å². The summed E-state index contributed by atoms with van der Waals surface area (Å²) in [6, 6.07) is 59.0. The molecule has 4 aromatic heterocycles. The van der Waals surface area contributed by atoms with Crippen LogP contribution in [-0.2, 0) is 32.9 Å². The first-order valence-electron chi connectivity index (χ1n) is 24.6. The summed E-state index contributed by atoms with van der Waals surface area (Å²) in [5, 5.41) is 3.12. The molecule has 0 aliphatic heterocycles. The van der Waals surface area contributed by atoms with E-state index < -0.39 is 18.1 Å². The van der Waals surface area contributed by atoms with Crippen LogP contribution in [-0.4, -0.2) is 14.1 Å². The fourth-order valence-electron chi connectivity index (χ4n) is 9.21. The van der Waals surface area contributed by atoms with E-state index in [-0.39, 0.29) is 44.1 Å². The molecule has 5 nitrogen and oxygen atoms in total. The molecule has 0 amide bonds. The van der Waals surface area contributed by atoms with Crippen LogP contribution in [0.2, 0.25) is 0 Å². The van der Waals surface area contributed by atoms with Gasteiger partial charge in [0.25, 0.3) is 6.33 Å². The van der Waals surface area contributed by atoms with Crippen LogP contribution in [0.15, 0.2) is 205 Å². The zero-order chi connectivity index (χ0) is 48.7. The van der Waals surface area contributed by atoms with Crippen LogP contribution in [0.1, 0.15) is 44.3 Å². The zero-order valence-corrected chi connectivity index (χ0v) is 39.2. The molecular formula is C61H44N4OPt-2. The van der Waals surface area contributed by atoms with Crippen molar-refractivity contribution in [3.63, 3.8) is 0 Å². The minimum atomic E-state index is -0.443. The third-order valence-electron chi connectivity index (χ3n) is 12.5. The van der Waals surface area contributed by atoms with Crippen LogP contribution in [0.4, 0.5) is 0 Å². The molecule has 0 radical (unpaired) electrons. The Kier molecular flexibility index (Phi) is 9.29. The second-order valence-corrected chi connectivity index (χ2v) is 17.7. The Bertz CT molecular complexity index is 4070. The summed E-state index contributed by atoms with van der Waals surface area (Å²) in [6.07, 6.45) is 7.77. The number of hydrogen-bond acceptors (Lipinski definition) is 2. The van der Waals surface area contributed by atoms with Gasteiger partial charge in [-0.05, 0) is 80.1 Å². The standard InChI is InChI=1S/C61H44N4O.Pt/c1-61(2,3)48-36-46(43-17-6-4-7-18-43)35-47(37-48)51-24-15-23-50(44-19-8-5-9-20-44)60(51)64-40-63(55-26-12-13-27-56(55)64)49-21-14-16-41(33-49)32-42-28-29-53-52-22-10-11-25-54(52)65(57(53)34-42)59-38-58-45(39-62-59)30-31-66-58;/h4-31,35-39H,32H2,1-3H3;/q-2;/i5D,8D,9D,19D,20D;. The first kappa shape index (κ1) is 36.6. The van der Waals surface area contributed by atoms with Crippen LogP contribution in [0, 0.1) is 18.5 Å².